The molecule has 0 saturated heterocycles. The first-order chi connectivity index (χ1) is 14.0. The monoisotopic (exact) mass is 414 g/mol. The van der Waals surface area contributed by atoms with Crippen LogP contribution in [-0.4, -0.2) is 33.6 Å². The summed E-state index contributed by atoms with van der Waals surface area (Å²) in [5.74, 6) is -0.387. The molecule has 1 aliphatic carbocycles. The van der Waals surface area contributed by atoms with Crippen molar-refractivity contribution in [3.8, 4) is 0 Å². The Kier molecular flexibility index (Phi) is 5.31. The molecule has 0 radical (unpaired) electrons. The topological polar surface area (TPSA) is 107 Å². The molecular formula is C20H22N4O4S. The lowest BCUT2D eigenvalue weighted by molar-refractivity contribution is 0.0531. The predicted octanol–water partition coefficient (Wildman–Crippen LogP) is 4.25. The Balaban J connectivity index is 1.68. The number of anilines is 1. The van der Waals surface area contributed by atoms with Crippen molar-refractivity contribution in [3.05, 3.63) is 33.6 Å². The van der Waals surface area contributed by atoms with E-state index in [0.29, 0.717) is 44.7 Å². The number of aryl methyl sites for hydroxylation is 2. The SMILES string of the molecule is CCCc1noc2nc(C3CC3)cc(C(=O)Nc3nc(C)c(C(=O)OCC)s3)c12. The van der Waals surface area contributed by atoms with Gasteiger partial charge in [0.1, 0.15) is 4.88 Å². The third kappa shape index (κ3) is 3.87. The van der Waals surface area contributed by atoms with E-state index >= 15 is 0 Å². The van der Waals surface area contributed by atoms with Crippen LogP contribution in [-0.2, 0) is 11.2 Å². The van der Waals surface area contributed by atoms with Crippen LogP contribution in [0.15, 0.2) is 10.6 Å². The number of thiazole rings is 1. The summed E-state index contributed by atoms with van der Waals surface area (Å²) in [5, 5.41) is 7.94. The Morgan fingerprint density at radius 3 is 2.79 bits per heavy atom. The van der Waals surface area contributed by atoms with Crippen LogP contribution in [0, 0.1) is 6.92 Å². The van der Waals surface area contributed by atoms with E-state index in [2.05, 4.69) is 20.4 Å². The molecule has 152 valence electrons. The molecule has 0 unspecified atom stereocenters. The molecule has 1 N–H and O–H groups in total. The molecule has 4 rings (SSSR count). The molecule has 0 aromatic carbocycles. The highest BCUT2D eigenvalue weighted by Crippen LogP contribution is 2.40. The van der Waals surface area contributed by atoms with Gasteiger partial charge in [-0.2, -0.15) is 0 Å². The number of nitrogens with one attached hydrogen (secondary N) is 1. The third-order valence-corrected chi connectivity index (χ3v) is 5.79. The van der Waals surface area contributed by atoms with E-state index in [-0.39, 0.29) is 12.5 Å². The molecule has 1 aliphatic rings. The maximum Gasteiger partial charge on any atom is 0.350 e. The number of nitrogens with zero attached hydrogens (tertiary/aromatic N) is 3. The predicted molar refractivity (Wildman–Crippen MR) is 109 cm³/mol. The van der Waals surface area contributed by atoms with Crippen molar-refractivity contribution in [2.24, 2.45) is 0 Å². The Hall–Kier alpha value is -2.81. The standard InChI is InChI=1S/C20H22N4O4S/c1-4-6-13-15-12(9-14(11-7-8-11)22-18(15)28-24-13)17(25)23-20-21-10(3)16(29-20)19(26)27-5-2/h9,11H,4-8H2,1-3H3,(H,21,23,25). The van der Waals surface area contributed by atoms with E-state index in [1.807, 2.05) is 13.0 Å². The fraction of sp³-hybridized carbons (Fsp3) is 0.450. The smallest absolute Gasteiger partial charge is 0.350 e. The Morgan fingerprint density at radius 2 is 2.10 bits per heavy atom. The minimum atomic E-state index is -0.436. The second kappa shape index (κ2) is 7.90. The number of aromatic nitrogens is 3. The van der Waals surface area contributed by atoms with Gasteiger partial charge in [0.05, 0.1) is 28.9 Å². The molecule has 1 saturated carbocycles. The van der Waals surface area contributed by atoms with Gasteiger partial charge in [0.25, 0.3) is 11.6 Å². The van der Waals surface area contributed by atoms with Gasteiger partial charge in [-0.3, -0.25) is 10.1 Å². The first-order valence-electron chi connectivity index (χ1n) is 9.76. The molecule has 1 fully saturated rings. The fourth-order valence-electron chi connectivity index (χ4n) is 3.20. The zero-order valence-corrected chi connectivity index (χ0v) is 17.4. The summed E-state index contributed by atoms with van der Waals surface area (Å²) in [5.41, 5.74) is 2.98. The van der Waals surface area contributed by atoms with Crippen LogP contribution in [0.25, 0.3) is 11.1 Å². The molecule has 3 heterocycles. The van der Waals surface area contributed by atoms with Gasteiger partial charge in [-0.25, -0.2) is 14.8 Å². The van der Waals surface area contributed by atoms with Gasteiger partial charge in [-0.1, -0.05) is 29.8 Å². The number of pyridine rings is 1. The summed E-state index contributed by atoms with van der Waals surface area (Å²) >= 11 is 1.10. The Labute approximate surface area is 171 Å². The maximum atomic E-state index is 13.1. The van der Waals surface area contributed by atoms with Crippen LogP contribution < -0.4 is 5.32 Å². The molecule has 0 spiro atoms. The number of carbonyl (C=O) groups excluding carboxylic acids is 2. The van der Waals surface area contributed by atoms with Gasteiger partial charge in [0.2, 0.25) is 0 Å². The molecular weight excluding hydrogens is 392 g/mol. The largest absolute Gasteiger partial charge is 0.462 e. The van der Waals surface area contributed by atoms with Crippen LogP contribution in [0.1, 0.15) is 76.1 Å². The minimum absolute atomic E-state index is 0.282. The molecule has 0 aliphatic heterocycles. The average molecular weight is 414 g/mol. The van der Waals surface area contributed by atoms with Gasteiger partial charge in [0, 0.05) is 11.6 Å². The normalized spacial score (nSPS) is 13.6. The minimum Gasteiger partial charge on any atom is -0.462 e. The van der Waals surface area contributed by atoms with E-state index in [9.17, 15) is 9.59 Å². The number of esters is 1. The molecule has 0 atom stereocenters. The highest BCUT2D eigenvalue weighted by molar-refractivity contribution is 7.17. The second-order valence-corrected chi connectivity index (χ2v) is 8.04. The summed E-state index contributed by atoms with van der Waals surface area (Å²) < 4.78 is 10.5. The van der Waals surface area contributed by atoms with Crippen molar-refractivity contribution in [2.75, 3.05) is 11.9 Å². The maximum absolute atomic E-state index is 13.1. The quantitative estimate of drug-likeness (QED) is 0.576. The van der Waals surface area contributed by atoms with E-state index in [1.54, 1.807) is 13.8 Å². The van der Waals surface area contributed by atoms with Crippen molar-refractivity contribution >= 4 is 39.4 Å². The Bertz CT molecular complexity index is 1080. The van der Waals surface area contributed by atoms with Gasteiger partial charge < -0.3 is 9.26 Å². The zero-order valence-electron chi connectivity index (χ0n) is 16.6. The summed E-state index contributed by atoms with van der Waals surface area (Å²) in [6.45, 7) is 5.79. The lowest BCUT2D eigenvalue weighted by Crippen LogP contribution is -2.13. The van der Waals surface area contributed by atoms with Gasteiger partial charge in [0.15, 0.2) is 5.13 Å². The molecule has 9 heteroatoms. The number of fused-ring (bicyclic) bond motifs is 1. The molecule has 8 nitrogen and oxygen atoms in total. The van der Waals surface area contributed by atoms with Gasteiger partial charge in [-0.15, -0.1) is 0 Å². The van der Waals surface area contributed by atoms with Crippen molar-refractivity contribution < 1.29 is 18.8 Å². The first kappa shape index (κ1) is 19.5. The van der Waals surface area contributed by atoms with Crippen molar-refractivity contribution in [3.63, 3.8) is 0 Å². The number of amides is 1. The molecule has 1 amide bonds. The number of carbonyl (C=O) groups is 2. The highest BCUT2D eigenvalue weighted by Gasteiger charge is 2.29. The Morgan fingerprint density at radius 1 is 1.31 bits per heavy atom. The number of ether oxygens (including phenoxy) is 1. The zero-order chi connectivity index (χ0) is 20.5. The summed E-state index contributed by atoms with van der Waals surface area (Å²) in [4.78, 5) is 34.4. The second-order valence-electron chi connectivity index (χ2n) is 7.04. The summed E-state index contributed by atoms with van der Waals surface area (Å²) in [7, 11) is 0. The fourth-order valence-corrected chi connectivity index (χ4v) is 4.06. The van der Waals surface area contributed by atoms with Gasteiger partial charge in [-0.05, 0) is 39.2 Å². The molecule has 3 aromatic heterocycles. The van der Waals surface area contributed by atoms with Crippen molar-refractivity contribution in [2.45, 2.75) is 52.4 Å². The molecule has 0 bridgehead atoms. The lowest BCUT2D eigenvalue weighted by atomic mass is 10.1. The van der Waals surface area contributed by atoms with Crippen LogP contribution in [0.5, 0.6) is 0 Å². The first-order valence-corrected chi connectivity index (χ1v) is 10.6. The van der Waals surface area contributed by atoms with Crippen LogP contribution in [0.4, 0.5) is 5.13 Å². The number of hydrogen-bond donors (Lipinski definition) is 1. The van der Waals surface area contributed by atoms with E-state index in [4.69, 9.17) is 9.26 Å². The van der Waals surface area contributed by atoms with E-state index in [1.165, 1.54) is 0 Å². The van der Waals surface area contributed by atoms with Crippen molar-refractivity contribution in [1.82, 2.24) is 15.1 Å². The third-order valence-electron chi connectivity index (χ3n) is 4.74. The van der Waals surface area contributed by atoms with Crippen LogP contribution in [0.2, 0.25) is 0 Å². The molecule has 3 aromatic rings. The van der Waals surface area contributed by atoms with Crippen molar-refractivity contribution in [1.29, 1.82) is 0 Å². The number of hydrogen-bond acceptors (Lipinski definition) is 8. The molecule has 29 heavy (non-hydrogen) atoms. The van der Waals surface area contributed by atoms with Crippen LogP contribution in [0.3, 0.4) is 0 Å². The highest BCUT2D eigenvalue weighted by atomic mass is 32.1. The lowest BCUT2D eigenvalue weighted by Gasteiger charge is -2.06. The van der Waals surface area contributed by atoms with Gasteiger partial charge >= 0.3 is 5.97 Å². The number of rotatable bonds is 7. The average Bonchev–Trinajstić information content (AvgIpc) is 3.38. The summed E-state index contributed by atoms with van der Waals surface area (Å²) in [6.07, 6.45) is 3.69. The van der Waals surface area contributed by atoms with E-state index < -0.39 is 5.97 Å². The van der Waals surface area contributed by atoms with E-state index in [0.717, 1.165) is 42.0 Å². The van der Waals surface area contributed by atoms with Crippen LogP contribution >= 0.6 is 11.3 Å². The summed E-state index contributed by atoms with van der Waals surface area (Å²) in [6, 6.07) is 1.83.